The zero-order valence-corrected chi connectivity index (χ0v) is 11.2. The molecule has 2 atom stereocenters. The topological polar surface area (TPSA) is 71.0 Å². The quantitative estimate of drug-likeness (QED) is 0.455. The summed E-state index contributed by atoms with van der Waals surface area (Å²) < 4.78 is 10.0. The summed E-state index contributed by atoms with van der Waals surface area (Å²) >= 11 is 0. The Bertz CT molecular complexity index is 176. The summed E-state index contributed by atoms with van der Waals surface area (Å²) in [6.07, 6.45) is 1.14. The first kappa shape index (κ1) is 16.8. The van der Waals surface area contributed by atoms with Crippen molar-refractivity contribution in [1.29, 1.82) is 0 Å². The Morgan fingerprint density at radius 3 is 2.65 bits per heavy atom. The molecule has 0 spiro atoms. The van der Waals surface area contributed by atoms with Gasteiger partial charge in [0.2, 0.25) is 0 Å². The van der Waals surface area contributed by atoms with Gasteiger partial charge < -0.3 is 25.0 Å². The molecule has 0 fully saturated rings. The van der Waals surface area contributed by atoms with Crippen LogP contribution < -0.4 is 5.32 Å². The zero-order chi connectivity index (χ0) is 13.1. The molecule has 17 heavy (non-hydrogen) atoms. The van der Waals surface area contributed by atoms with Crippen LogP contribution in [0.4, 0.5) is 0 Å². The second-order valence-electron chi connectivity index (χ2n) is 4.60. The van der Waals surface area contributed by atoms with Gasteiger partial charge in [0, 0.05) is 20.2 Å². The Morgan fingerprint density at radius 1 is 1.35 bits per heavy atom. The van der Waals surface area contributed by atoms with Crippen LogP contribution in [0.2, 0.25) is 0 Å². The van der Waals surface area contributed by atoms with Crippen molar-refractivity contribution < 1.29 is 19.7 Å². The Labute approximate surface area is 104 Å². The van der Waals surface area contributed by atoms with E-state index in [9.17, 15) is 10.2 Å². The standard InChI is InChI=1S/C12H27NO4/c1-4-5-12(2,15)10-13-8-11(14)9-17-7-6-16-3/h11,13-15H,4-10H2,1-3H3. The maximum Gasteiger partial charge on any atom is 0.0897 e. The maximum atomic E-state index is 9.88. The molecule has 104 valence electrons. The molecule has 0 aromatic heterocycles. The predicted molar refractivity (Wildman–Crippen MR) is 67.1 cm³/mol. The lowest BCUT2D eigenvalue weighted by molar-refractivity contribution is 0.00821. The average Bonchev–Trinajstić information content (AvgIpc) is 2.24. The van der Waals surface area contributed by atoms with Gasteiger partial charge in [-0.05, 0) is 13.3 Å². The Kier molecular flexibility index (Phi) is 9.68. The smallest absolute Gasteiger partial charge is 0.0897 e. The van der Waals surface area contributed by atoms with Gasteiger partial charge in [0.1, 0.15) is 0 Å². The molecule has 0 heterocycles. The van der Waals surface area contributed by atoms with Crippen LogP contribution in [0, 0.1) is 0 Å². The predicted octanol–water partition coefficient (Wildman–Crippen LogP) is 0.151. The van der Waals surface area contributed by atoms with Gasteiger partial charge in [0.05, 0.1) is 31.5 Å². The molecule has 0 bridgehead atoms. The summed E-state index contributed by atoms with van der Waals surface area (Å²) in [5.74, 6) is 0. The van der Waals surface area contributed by atoms with Crippen molar-refractivity contribution in [2.24, 2.45) is 0 Å². The van der Waals surface area contributed by atoms with Crippen LogP contribution in [0.5, 0.6) is 0 Å². The summed E-state index contributed by atoms with van der Waals surface area (Å²) in [5, 5.41) is 22.5. The Morgan fingerprint density at radius 2 is 2.06 bits per heavy atom. The first-order valence-corrected chi connectivity index (χ1v) is 6.19. The number of hydrogen-bond donors (Lipinski definition) is 3. The van der Waals surface area contributed by atoms with E-state index >= 15 is 0 Å². The number of methoxy groups -OCH3 is 1. The molecular weight excluding hydrogens is 222 g/mol. The van der Waals surface area contributed by atoms with E-state index in [4.69, 9.17) is 9.47 Å². The molecular formula is C12H27NO4. The van der Waals surface area contributed by atoms with Gasteiger partial charge >= 0.3 is 0 Å². The van der Waals surface area contributed by atoms with Crippen molar-refractivity contribution in [3.05, 3.63) is 0 Å². The number of aliphatic hydroxyl groups is 2. The zero-order valence-electron chi connectivity index (χ0n) is 11.2. The van der Waals surface area contributed by atoms with Gasteiger partial charge in [-0.25, -0.2) is 0 Å². The molecule has 0 radical (unpaired) electrons. The van der Waals surface area contributed by atoms with E-state index < -0.39 is 11.7 Å². The summed E-state index contributed by atoms with van der Waals surface area (Å²) in [7, 11) is 1.61. The second-order valence-corrected chi connectivity index (χ2v) is 4.60. The van der Waals surface area contributed by atoms with Gasteiger partial charge in [0.25, 0.3) is 0 Å². The highest BCUT2D eigenvalue weighted by atomic mass is 16.5. The summed E-state index contributed by atoms with van der Waals surface area (Å²) in [6.45, 7) is 6.04. The first-order chi connectivity index (χ1) is 8.02. The number of hydrogen-bond acceptors (Lipinski definition) is 5. The van der Waals surface area contributed by atoms with E-state index in [1.54, 1.807) is 14.0 Å². The summed E-state index contributed by atoms with van der Waals surface area (Å²) in [5.41, 5.74) is -0.703. The normalized spacial score (nSPS) is 16.8. The van der Waals surface area contributed by atoms with Crippen LogP contribution in [0.1, 0.15) is 26.7 Å². The fourth-order valence-electron chi connectivity index (χ4n) is 1.56. The minimum atomic E-state index is -0.703. The van der Waals surface area contributed by atoms with Gasteiger partial charge in [0.15, 0.2) is 0 Å². The molecule has 0 aromatic rings. The number of rotatable bonds is 11. The highest BCUT2D eigenvalue weighted by Gasteiger charge is 2.18. The van der Waals surface area contributed by atoms with Crippen LogP contribution in [0.3, 0.4) is 0 Å². The largest absolute Gasteiger partial charge is 0.389 e. The molecule has 3 N–H and O–H groups in total. The molecule has 0 aliphatic carbocycles. The Hall–Kier alpha value is -0.200. The van der Waals surface area contributed by atoms with E-state index in [2.05, 4.69) is 5.32 Å². The third-order valence-electron chi connectivity index (χ3n) is 2.42. The highest BCUT2D eigenvalue weighted by molar-refractivity contribution is 4.75. The van der Waals surface area contributed by atoms with Crippen molar-refractivity contribution in [1.82, 2.24) is 5.32 Å². The minimum absolute atomic E-state index is 0.284. The molecule has 0 amide bonds. The Balaban J connectivity index is 3.46. The van der Waals surface area contributed by atoms with Gasteiger partial charge in [-0.3, -0.25) is 0 Å². The third-order valence-corrected chi connectivity index (χ3v) is 2.42. The van der Waals surface area contributed by atoms with E-state index in [1.807, 2.05) is 6.92 Å². The van der Waals surface area contributed by atoms with E-state index in [0.717, 1.165) is 12.8 Å². The van der Waals surface area contributed by atoms with Crippen molar-refractivity contribution in [3.63, 3.8) is 0 Å². The van der Waals surface area contributed by atoms with Crippen molar-refractivity contribution >= 4 is 0 Å². The van der Waals surface area contributed by atoms with Crippen molar-refractivity contribution in [3.8, 4) is 0 Å². The number of nitrogens with one attached hydrogen (secondary N) is 1. The fourth-order valence-corrected chi connectivity index (χ4v) is 1.56. The molecule has 5 nitrogen and oxygen atoms in total. The number of aliphatic hydroxyl groups excluding tert-OH is 1. The third kappa shape index (κ3) is 10.7. The summed E-state index contributed by atoms with van der Waals surface area (Å²) in [6, 6.07) is 0. The van der Waals surface area contributed by atoms with Crippen molar-refractivity contribution in [2.75, 3.05) is 40.0 Å². The van der Waals surface area contributed by atoms with E-state index in [-0.39, 0.29) is 6.61 Å². The number of ether oxygens (including phenoxy) is 2. The van der Waals surface area contributed by atoms with Gasteiger partial charge in [-0.2, -0.15) is 0 Å². The second kappa shape index (κ2) is 9.79. The molecule has 2 unspecified atom stereocenters. The molecule has 0 aliphatic heterocycles. The molecule has 0 saturated heterocycles. The molecule has 0 aromatic carbocycles. The fraction of sp³-hybridized carbons (Fsp3) is 1.00. The van der Waals surface area contributed by atoms with Gasteiger partial charge in [-0.1, -0.05) is 13.3 Å². The van der Waals surface area contributed by atoms with Crippen LogP contribution in [0.25, 0.3) is 0 Å². The van der Waals surface area contributed by atoms with Crippen LogP contribution in [0.15, 0.2) is 0 Å². The van der Waals surface area contributed by atoms with E-state index in [1.165, 1.54) is 0 Å². The van der Waals surface area contributed by atoms with Gasteiger partial charge in [-0.15, -0.1) is 0 Å². The van der Waals surface area contributed by atoms with Crippen LogP contribution in [-0.4, -0.2) is 61.9 Å². The SMILES string of the molecule is CCCC(C)(O)CNCC(O)COCCOC. The molecule has 0 rings (SSSR count). The highest BCUT2D eigenvalue weighted by Crippen LogP contribution is 2.09. The lowest BCUT2D eigenvalue weighted by Gasteiger charge is -2.23. The van der Waals surface area contributed by atoms with Crippen LogP contribution >= 0.6 is 0 Å². The minimum Gasteiger partial charge on any atom is -0.389 e. The first-order valence-electron chi connectivity index (χ1n) is 6.19. The van der Waals surface area contributed by atoms with E-state index in [0.29, 0.717) is 26.3 Å². The lowest BCUT2D eigenvalue weighted by atomic mass is 10.0. The molecule has 0 aliphatic rings. The maximum absolute atomic E-state index is 9.88. The molecule has 5 heteroatoms. The summed E-state index contributed by atoms with van der Waals surface area (Å²) in [4.78, 5) is 0. The lowest BCUT2D eigenvalue weighted by Crippen LogP contribution is -2.41. The average molecular weight is 249 g/mol. The monoisotopic (exact) mass is 249 g/mol. The van der Waals surface area contributed by atoms with Crippen molar-refractivity contribution in [2.45, 2.75) is 38.4 Å². The molecule has 0 saturated carbocycles. The van der Waals surface area contributed by atoms with Crippen LogP contribution in [-0.2, 0) is 9.47 Å².